The van der Waals surface area contributed by atoms with Crippen molar-refractivity contribution in [2.45, 2.75) is 12.6 Å². The predicted molar refractivity (Wildman–Crippen MR) is 65.2 cm³/mol. The van der Waals surface area contributed by atoms with Gasteiger partial charge in [-0.25, -0.2) is 9.97 Å². The van der Waals surface area contributed by atoms with Crippen LogP contribution in [-0.2, 0) is 6.61 Å². The van der Waals surface area contributed by atoms with Crippen molar-refractivity contribution in [3.63, 3.8) is 0 Å². The second-order valence-electron chi connectivity index (χ2n) is 4.07. The molecule has 0 saturated carbocycles. The van der Waals surface area contributed by atoms with Gasteiger partial charge in [-0.1, -0.05) is 0 Å². The summed E-state index contributed by atoms with van der Waals surface area (Å²) in [4.78, 5) is 8.18. The highest BCUT2D eigenvalue weighted by atomic mass is 16.5. The Bertz CT molecular complexity index is 545. The van der Waals surface area contributed by atoms with Gasteiger partial charge in [0, 0.05) is 24.0 Å². The average molecular weight is 243 g/mol. The molecule has 2 aromatic rings. The van der Waals surface area contributed by atoms with Crippen LogP contribution in [0, 0.1) is 0 Å². The Labute approximate surface area is 105 Å². The molecule has 0 fully saturated rings. The average Bonchev–Trinajstić information content (AvgIpc) is 2.79. The Balaban J connectivity index is 1.71. The second kappa shape index (κ2) is 4.62. The van der Waals surface area contributed by atoms with E-state index in [0.29, 0.717) is 19.0 Å². The van der Waals surface area contributed by atoms with E-state index >= 15 is 0 Å². The van der Waals surface area contributed by atoms with Gasteiger partial charge in [0.25, 0.3) is 0 Å². The zero-order valence-electron chi connectivity index (χ0n) is 9.74. The van der Waals surface area contributed by atoms with E-state index in [1.165, 1.54) is 0 Å². The summed E-state index contributed by atoms with van der Waals surface area (Å²) in [6, 6.07) is 7.41. The van der Waals surface area contributed by atoms with Crippen LogP contribution in [-0.4, -0.2) is 16.6 Å². The van der Waals surface area contributed by atoms with E-state index in [1.807, 2.05) is 18.2 Å². The van der Waals surface area contributed by atoms with Crippen LogP contribution in [0.2, 0.25) is 0 Å². The molecule has 2 N–H and O–H groups in total. The molecule has 92 valence electrons. The van der Waals surface area contributed by atoms with E-state index in [0.717, 1.165) is 17.1 Å². The SMILES string of the molecule is NC1COc2cc(OCc3ncccn3)ccc21. The smallest absolute Gasteiger partial charge is 0.166 e. The van der Waals surface area contributed by atoms with E-state index in [4.69, 9.17) is 15.2 Å². The molecule has 1 aromatic carbocycles. The molecule has 0 saturated heterocycles. The van der Waals surface area contributed by atoms with Crippen LogP contribution in [0.1, 0.15) is 17.4 Å². The third-order valence-corrected chi connectivity index (χ3v) is 2.79. The van der Waals surface area contributed by atoms with E-state index < -0.39 is 0 Å². The highest BCUT2D eigenvalue weighted by Gasteiger charge is 2.20. The maximum absolute atomic E-state index is 5.88. The van der Waals surface area contributed by atoms with E-state index in [1.54, 1.807) is 18.5 Å². The van der Waals surface area contributed by atoms with E-state index in [-0.39, 0.29) is 6.04 Å². The van der Waals surface area contributed by atoms with Gasteiger partial charge in [0.2, 0.25) is 0 Å². The number of nitrogens with zero attached hydrogens (tertiary/aromatic N) is 2. The Morgan fingerprint density at radius 3 is 3.00 bits per heavy atom. The Kier molecular flexibility index (Phi) is 2.82. The Morgan fingerprint density at radius 1 is 1.33 bits per heavy atom. The van der Waals surface area contributed by atoms with Crippen LogP contribution in [0.3, 0.4) is 0 Å². The van der Waals surface area contributed by atoms with Gasteiger partial charge in [0.05, 0.1) is 6.04 Å². The fourth-order valence-electron chi connectivity index (χ4n) is 1.86. The van der Waals surface area contributed by atoms with Crippen molar-refractivity contribution < 1.29 is 9.47 Å². The first kappa shape index (κ1) is 11.0. The molecule has 1 aromatic heterocycles. The first-order valence-corrected chi connectivity index (χ1v) is 5.74. The molecule has 1 aliphatic heterocycles. The van der Waals surface area contributed by atoms with Crippen molar-refractivity contribution in [1.82, 2.24) is 9.97 Å². The zero-order valence-corrected chi connectivity index (χ0v) is 9.74. The fourth-order valence-corrected chi connectivity index (χ4v) is 1.86. The summed E-state index contributed by atoms with van der Waals surface area (Å²) in [6.45, 7) is 0.867. The molecular formula is C13H13N3O2. The van der Waals surface area contributed by atoms with Crippen molar-refractivity contribution in [1.29, 1.82) is 0 Å². The molecule has 3 rings (SSSR count). The van der Waals surface area contributed by atoms with E-state index in [9.17, 15) is 0 Å². The minimum Gasteiger partial charge on any atom is -0.491 e. The monoisotopic (exact) mass is 243 g/mol. The van der Waals surface area contributed by atoms with Gasteiger partial charge in [0.1, 0.15) is 24.7 Å². The molecule has 1 atom stereocenters. The van der Waals surface area contributed by atoms with Crippen molar-refractivity contribution >= 4 is 0 Å². The lowest BCUT2D eigenvalue weighted by Crippen LogP contribution is -2.10. The van der Waals surface area contributed by atoms with Gasteiger partial charge in [-0.15, -0.1) is 0 Å². The quantitative estimate of drug-likeness (QED) is 0.883. The fraction of sp³-hybridized carbons (Fsp3) is 0.231. The van der Waals surface area contributed by atoms with Gasteiger partial charge in [0.15, 0.2) is 5.82 Å². The number of fused-ring (bicyclic) bond motifs is 1. The van der Waals surface area contributed by atoms with Crippen LogP contribution in [0.4, 0.5) is 0 Å². The number of hydrogen-bond acceptors (Lipinski definition) is 5. The number of rotatable bonds is 3. The Morgan fingerprint density at radius 2 is 2.17 bits per heavy atom. The predicted octanol–water partition coefficient (Wildman–Crippen LogP) is 1.45. The van der Waals surface area contributed by atoms with Crippen molar-refractivity contribution in [3.8, 4) is 11.5 Å². The third-order valence-electron chi connectivity index (χ3n) is 2.79. The molecule has 18 heavy (non-hydrogen) atoms. The summed E-state index contributed by atoms with van der Waals surface area (Å²) in [7, 11) is 0. The number of benzene rings is 1. The summed E-state index contributed by atoms with van der Waals surface area (Å²) in [5.74, 6) is 2.18. The number of ether oxygens (including phenoxy) is 2. The molecular weight excluding hydrogens is 230 g/mol. The largest absolute Gasteiger partial charge is 0.491 e. The van der Waals surface area contributed by atoms with Gasteiger partial charge >= 0.3 is 0 Å². The normalized spacial score (nSPS) is 17.1. The van der Waals surface area contributed by atoms with Crippen LogP contribution < -0.4 is 15.2 Å². The van der Waals surface area contributed by atoms with Gasteiger partial charge in [-0.2, -0.15) is 0 Å². The molecule has 0 aliphatic carbocycles. The summed E-state index contributed by atoms with van der Waals surface area (Å²) in [6.07, 6.45) is 3.38. The minimum atomic E-state index is -0.0356. The lowest BCUT2D eigenvalue weighted by molar-refractivity contribution is 0.292. The summed E-state index contributed by atoms with van der Waals surface area (Å²) >= 11 is 0. The Hall–Kier alpha value is -2.14. The molecule has 2 heterocycles. The summed E-state index contributed by atoms with van der Waals surface area (Å²) in [5, 5.41) is 0. The zero-order chi connectivity index (χ0) is 12.4. The lowest BCUT2D eigenvalue weighted by atomic mass is 10.1. The topological polar surface area (TPSA) is 70.3 Å². The number of nitrogens with two attached hydrogens (primary N) is 1. The maximum atomic E-state index is 5.88. The first-order valence-electron chi connectivity index (χ1n) is 5.74. The van der Waals surface area contributed by atoms with E-state index in [2.05, 4.69) is 9.97 Å². The highest BCUT2D eigenvalue weighted by Crippen LogP contribution is 2.33. The van der Waals surface area contributed by atoms with Crippen molar-refractivity contribution in [3.05, 3.63) is 48.0 Å². The standard InChI is InChI=1S/C13H13N3O2/c14-11-7-18-12-6-9(2-3-10(11)12)17-8-13-15-4-1-5-16-13/h1-6,11H,7-8,14H2. The van der Waals surface area contributed by atoms with Crippen molar-refractivity contribution in [2.24, 2.45) is 5.73 Å². The summed E-state index contributed by atoms with van der Waals surface area (Å²) < 4.78 is 11.1. The molecule has 0 bridgehead atoms. The lowest BCUT2D eigenvalue weighted by Gasteiger charge is -2.07. The van der Waals surface area contributed by atoms with Crippen LogP contribution in [0.15, 0.2) is 36.7 Å². The van der Waals surface area contributed by atoms with Gasteiger partial charge in [-0.3, -0.25) is 0 Å². The molecule has 0 radical (unpaired) electrons. The molecule has 5 heteroatoms. The van der Waals surface area contributed by atoms with Crippen LogP contribution in [0.25, 0.3) is 0 Å². The van der Waals surface area contributed by atoms with Crippen molar-refractivity contribution in [2.75, 3.05) is 6.61 Å². The molecule has 0 spiro atoms. The molecule has 0 amide bonds. The summed E-state index contributed by atoms with van der Waals surface area (Å²) in [5.41, 5.74) is 6.90. The molecule has 1 aliphatic rings. The number of hydrogen-bond donors (Lipinski definition) is 1. The second-order valence-corrected chi connectivity index (χ2v) is 4.07. The van der Waals surface area contributed by atoms with Gasteiger partial charge < -0.3 is 15.2 Å². The van der Waals surface area contributed by atoms with Crippen LogP contribution in [0.5, 0.6) is 11.5 Å². The third kappa shape index (κ3) is 2.12. The minimum absolute atomic E-state index is 0.0356. The van der Waals surface area contributed by atoms with Gasteiger partial charge in [-0.05, 0) is 18.2 Å². The highest BCUT2D eigenvalue weighted by molar-refractivity contribution is 5.44. The van der Waals surface area contributed by atoms with Crippen LogP contribution >= 0.6 is 0 Å². The maximum Gasteiger partial charge on any atom is 0.166 e. The molecule has 5 nitrogen and oxygen atoms in total. The first-order chi connectivity index (χ1) is 8.83. The molecule has 1 unspecified atom stereocenters. The number of aromatic nitrogens is 2.